The van der Waals surface area contributed by atoms with E-state index in [1.807, 2.05) is 0 Å². The zero-order chi connectivity index (χ0) is 11.6. The van der Waals surface area contributed by atoms with Crippen molar-refractivity contribution in [3.05, 3.63) is 0 Å². The molecule has 1 aliphatic carbocycles. The highest BCUT2D eigenvalue weighted by Crippen LogP contribution is 2.38. The maximum Gasteiger partial charge on any atom is 0.0693 e. The predicted octanol–water partition coefficient (Wildman–Crippen LogP) is 1.24. The first-order chi connectivity index (χ1) is 7.65. The van der Waals surface area contributed by atoms with Gasteiger partial charge in [-0.1, -0.05) is 19.8 Å². The fraction of sp³-hybridized carbons (Fsp3) is 1.00. The Kier molecular flexibility index (Phi) is 3.88. The van der Waals surface area contributed by atoms with Crippen LogP contribution in [-0.4, -0.2) is 47.5 Å². The van der Waals surface area contributed by atoms with Crippen LogP contribution in [0.25, 0.3) is 0 Å². The van der Waals surface area contributed by atoms with Crippen LogP contribution in [0, 0.1) is 11.3 Å². The Morgan fingerprint density at radius 3 is 2.56 bits per heavy atom. The van der Waals surface area contributed by atoms with Crippen LogP contribution in [0.15, 0.2) is 0 Å². The molecule has 2 aliphatic rings. The molecule has 3 nitrogen and oxygen atoms in total. The van der Waals surface area contributed by atoms with E-state index in [2.05, 4.69) is 11.8 Å². The molecule has 3 heteroatoms. The number of aliphatic hydroxyl groups excluding tert-OH is 2. The Bertz CT molecular complexity index is 226. The van der Waals surface area contributed by atoms with Gasteiger partial charge in [-0.2, -0.15) is 0 Å². The van der Waals surface area contributed by atoms with Crippen molar-refractivity contribution >= 4 is 0 Å². The van der Waals surface area contributed by atoms with Crippen molar-refractivity contribution in [2.45, 2.75) is 45.1 Å². The van der Waals surface area contributed by atoms with Crippen molar-refractivity contribution in [1.82, 2.24) is 4.90 Å². The third-order valence-corrected chi connectivity index (χ3v) is 4.56. The summed E-state index contributed by atoms with van der Waals surface area (Å²) < 4.78 is 0. The van der Waals surface area contributed by atoms with Crippen molar-refractivity contribution in [2.24, 2.45) is 11.3 Å². The predicted molar refractivity (Wildman–Crippen MR) is 64.2 cm³/mol. The summed E-state index contributed by atoms with van der Waals surface area (Å²) in [5.74, 6) is 0.435. The Balaban J connectivity index is 1.89. The van der Waals surface area contributed by atoms with Gasteiger partial charge in [0.2, 0.25) is 0 Å². The second-order valence-corrected chi connectivity index (χ2v) is 5.93. The van der Waals surface area contributed by atoms with Gasteiger partial charge in [0.1, 0.15) is 0 Å². The number of hydrogen-bond acceptors (Lipinski definition) is 3. The number of nitrogens with zero attached hydrogens (tertiary/aromatic N) is 1. The lowest BCUT2D eigenvalue weighted by molar-refractivity contribution is -0.00164. The molecule has 1 saturated heterocycles. The molecule has 2 atom stereocenters. The van der Waals surface area contributed by atoms with Crippen LogP contribution in [0.3, 0.4) is 0 Å². The van der Waals surface area contributed by atoms with E-state index < -0.39 is 0 Å². The number of piperidine rings is 1. The monoisotopic (exact) mass is 227 g/mol. The van der Waals surface area contributed by atoms with E-state index in [1.165, 1.54) is 12.8 Å². The molecule has 2 fully saturated rings. The minimum Gasteiger partial charge on any atom is -0.396 e. The van der Waals surface area contributed by atoms with Crippen LogP contribution in [0.5, 0.6) is 0 Å². The van der Waals surface area contributed by atoms with E-state index in [0.29, 0.717) is 12.5 Å². The Hall–Kier alpha value is -0.120. The van der Waals surface area contributed by atoms with Crippen molar-refractivity contribution in [3.8, 4) is 0 Å². The molecule has 1 aliphatic heterocycles. The van der Waals surface area contributed by atoms with E-state index in [4.69, 9.17) is 0 Å². The lowest BCUT2D eigenvalue weighted by Crippen LogP contribution is -2.47. The molecular weight excluding hydrogens is 202 g/mol. The highest BCUT2D eigenvalue weighted by atomic mass is 16.3. The smallest absolute Gasteiger partial charge is 0.0693 e. The molecule has 1 heterocycles. The molecular formula is C13H25NO2. The van der Waals surface area contributed by atoms with Gasteiger partial charge in [0.05, 0.1) is 6.10 Å². The van der Waals surface area contributed by atoms with E-state index in [1.54, 1.807) is 0 Å². The van der Waals surface area contributed by atoms with Gasteiger partial charge >= 0.3 is 0 Å². The van der Waals surface area contributed by atoms with Crippen LogP contribution in [0.2, 0.25) is 0 Å². The summed E-state index contributed by atoms with van der Waals surface area (Å²) in [6.07, 6.45) is 5.74. The summed E-state index contributed by atoms with van der Waals surface area (Å²) in [6, 6.07) is 0. The first kappa shape index (κ1) is 12.3. The second-order valence-electron chi connectivity index (χ2n) is 5.93. The van der Waals surface area contributed by atoms with Gasteiger partial charge in [-0.25, -0.2) is 0 Å². The molecule has 16 heavy (non-hydrogen) atoms. The zero-order valence-electron chi connectivity index (χ0n) is 10.4. The number of β-amino-alcohol motifs (C(OH)–C–C–N with tert-alkyl or cyclic N) is 1. The summed E-state index contributed by atoms with van der Waals surface area (Å²) in [5.41, 5.74) is 0.139. The van der Waals surface area contributed by atoms with Crippen LogP contribution >= 0.6 is 0 Å². The van der Waals surface area contributed by atoms with E-state index in [-0.39, 0.29) is 11.5 Å². The van der Waals surface area contributed by atoms with Gasteiger partial charge in [-0.15, -0.1) is 0 Å². The third-order valence-electron chi connectivity index (χ3n) is 4.56. The van der Waals surface area contributed by atoms with Crippen LogP contribution in [0.4, 0.5) is 0 Å². The summed E-state index contributed by atoms with van der Waals surface area (Å²) in [7, 11) is 0. The van der Waals surface area contributed by atoms with Gasteiger partial charge in [-0.05, 0) is 31.7 Å². The first-order valence-corrected chi connectivity index (χ1v) is 6.66. The highest BCUT2D eigenvalue weighted by Gasteiger charge is 2.36. The van der Waals surface area contributed by atoms with Crippen molar-refractivity contribution in [2.75, 3.05) is 26.2 Å². The fourth-order valence-corrected chi connectivity index (χ4v) is 3.22. The van der Waals surface area contributed by atoms with Crippen LogP contribution in [-0.2, 0) is 0 Å². The average molecular weight is 227 g/mol. The zero-order valence-corrected chi connectivity index (χ0v) is 10.4. The summed E-state index contributed by atoms with van der Waals surface area (Å²) in [6.45, 7) is 5.30. The SMILES string of the molecule is CC1CCN(CC2(CO)CCCC2)CC1O. The van der Waals surface area contributed by atoms with Gasteiger partial charge in [0, 0.05) is 25.1 Å². The molecule has 0 amide bonds. The summed E-state index contributed by atoms with van der Waals surface area (Å²) >= 11 is 0. The number of likely N-dealkylation sites (tertiary alicyclic amines) is 1. The van der Waals surface area contributed by atoms with Crippen molar-refractivity contribution < 1.29 is 10.2 Å². The van der Waals surface area contributed by atoms with Gasteiger partial charge in [-0.3, -0.25) is 0 Å². The molecule has 94 valence electrons. The Morgan fingerprint density at radius 1 is 1.31 bits per heavy atom. The molecule has 0 bridgehead atoms. The fourth-order valence-electron chi connectivity index (χ4n) is 3.22. The van der Waals surface area contributed by atoms with E-state index >= 15 is 0 Å². The lowest BCUT2D eigenvalue weighted by Gasteiger charge is -2.39. The van der Waals surface area contributed by atoms with Crippen LogP contribution in [0.1, 0.15) is 39.0 Å². The van der Waals surface area contributed by atoms with Gasteiger partial charge in [0.25, 0.3) is 0 Å². The van der Waals surface area contributed by atoms with Crippen molar-refractivity contribution in [3.63, 3.8) is 0 Å². The Morgan fingerprint density at radius 2 is 2.00 bits per heavy atom. The minimum absolute atomic E-state index is 0.139. The maximum absolute atomic E-state index is 9.87. The normalized spacial score (nSPS) is 35.4. The molecule has 0 aromatic carbocycles. The molecule has 0 radical (unpaired) electrons. The topological polar surface area (TPSA) is 43.7 Å². The summed E-state index contributed by atoms with van der Waals surface area (Å²) in [4.78, 5) is 2.35. The second kappa shape index (κ2) is 5.03. The molecule has 2 N–H and O–H groups in total. The standard InChI is InChI=1S/C13H25NO2/c1-11-4-7-14(8-12(11)16)9-13(10-15)5-2-3-6-13/h11-12,15-16H,2-10H2,1H3. The molecule has 0 spiro atoms. The van der Waals surface area contributed by atoms with E-state index in [0.717, 1.165) is 38.9 Å². The molecule has 1 saturated carbocycles. The molecule has 0 aromatic heterocycles. The minimum atomic E-state index is -0.175. The molecule has 0 aromatic rings. The first-order valence-electron chi connectivity index (χ1n) is 6.66. The third kappa shape index (κ3) is 2.58. The van der Waals surface area contributed by atoms with Crippen molar-refractivity contribution in [1.29, 1.82) is 0 Å². The molecule has 2 rings (SSSR count). The number of aliphatic hydroxyl groups is 2. The van der Waals surface area contributed by atoms with Crippen LogP contribution < -0.4 is 0 Å². The maximum atomic E-state index is 9.87. The largest absolute Gasteiger partial charge is 0.396 e. The average Bonchev–Trinajstić information content (AvgIpc) is 2.73. The number of hydrogen-bond donors (Lipinski definition) is 2. The molecule has 2 unspecified atom stereocenters. The summed E-state index contributed by atoms with van der Waals surface area (Å²) in [5, 5.41) is 19.5. The highest BCUT2D eigenvalue weighted by molar-refractivity contribution is 4.89. The Labute approximate surface area is 98.5 Å². The van der Waals surface area contributed by atoms with Gasteiger partial charge in [0.15, 0.2) is 0 Å². The quantitative estimate of drug-likeness (QED) is 0.762. The number of rotatable bonds is 3. The lowest BCUT2D eigenvalue weighted by atomic mass is 9.85. The van der Waals surface area contributed by atoms with Gasteiger partial charge < -0.3 is 15.1 Å². The van der Waals surface area contributed by atoms with E-state index in [9.17, 15) is 10.2 Å².